The fraction of sp³-hybridized carbons (Fsp3) is 0.474. The second-order valence-corrected chi connectivity index (χ2v) is 7.52. The molecule has 1 aliphatic rings. The number of hydrogen-bond donors (Lipinski definition) is 2. The number of nitrogens with two attached hydrogens (primary N) is 1. The fourth-order valence-electron chi connectivity index (χ4n) is 3.14. The van der Waals surface area contributed by atoms with Crippen molar-refractivity contribution in [1.29, 1.82) is 0 Å². The van der Waals surface area contributed by atoms with E-state index in [1.54, 1.807) is 0 Å². The van der Waals surface area contributed by atoms with Crippen molar-refractivity contribution in [1.82, 2.24) is 10.3 Å². The van der Waals surface area contributed by atoms with Gasteiger partial charge >= 0.3 is 6.09 Å². The van der Waals surface area contributed by atoms with Crippen molar-refractivity contribution < 1.29 is 9.53 Å². The number of alkyl carbamates (subject to hydrolysis) is 1. The van der Waals surface area contributed by atoms with E-state index in [4.69, 9.17) is 10.5 Å². The Morgan fingerprint density at radius 3 is 2.68 bits per heavy atom. The van der Waals surface area contributed by atoms with Crippen LogP contribution < -0.4 is 16.0 Å². The summed E-state index contributed by atoms with van der Waals surface area (Å²) in [6.07, 6.45) is 3.21. The largest absolute Gasteiger partial charge is 0.444 e. The SMILES string of the molecule is CC(C)(C)OC(=O)NC1CCN(c2nccc3cc(N)ccc23)CC1. The van der Waals surface area contributed by atoms with Crippen LogP contribution in [0.4, 0.5) is 16.3 Å². The second-order valence-electron chi connectivity index (χ2n) is 7.52. The van der Waals surface area contributed by atoms with E-state index < -0.39 is 5.60 Å². The number of anilines is 2. The highest BCUT2D eigenvalue weighted by molar-refractivity contribution is 5.94. The highest BCUT2D eigenvalue weighted by atomic mass is 16.6. The van der Waals surface area contributed by atoms with E-state index in [9.17, 15) is 4.79 Å². The molecule has 1 fully saturated rings. The first-order valence-electron chi connectivity index (χ1n) is 8.70. The van der Waals surface area contributed by atoms with Crippen molar-refractivity contribution in [2.24, 2.45) is 0 Å². The van der Waals surface area contributed by atoms with Crippen LogP contribution in [0, 0.1) is 0 Å². The van der Waals surface area contributed by atoms with Gasteiger partial charge in [-0.25, -0.2) is 9.78 Å². The van der Waals surface area contributed by atoms with E-state index in [2.05, 4.69) is 15.2 Å². The fourth-order valence-corrected chi connectivity index (χ4v) is 3.14. The van der Waals surface area contributed by atoms with Crippen LogP contribution in [0.3, 0.4) is 0 Å². The Morgan fingerprint density at radius 1 is 1.28 bits per heavy atom. The summed E-state index contributed by atoms with van der Waals surface area (Å²) in [6.45, 7) is 7.30. The summed E-state index contributed by atoms with van der Waals surface area (Å²) in [5, 5.41) is 5.17. The van der Waals surface area contributed by atoms with Gasteiger partial charge in [-0.3, -0.25) is 0 Å². The average molecular weight is 342 g/mol. The Hall–Kier alpha value is -2.50. The Morgan fingerprint density at radius 2 is 2.00 bits per heavy atom. The Bertz CT molecular complexity index is 762. The van der Waals surface area contributed by atoms with Gasteiger partial charge in [0.1, 0.15) is 11.4 Å². The molecule has 0 spiro atoms. The molecule has 0 bridgehead atoms. The maximum absolute atomic E-state index is 11.9. The van der Waals surface area contributed by atoms with E-state index in [-0.39, 0.29) is 12.1 Å². The van der Waals surface area contributed by atoms with Gasteiger partial charge in [-0.15, -0.1) is 0 Å². The number of aromatic nitrogens is 1. The molecule has 134 valence electrons. The molecule has 2 aromatic rings. The first kappa shape index (κ1) is 17.3. The lowest BCUT2D eigenvalue weighted by Gasteiger charge is -2.34. The minimum atomic E-state index is -0.473. The number of piperidine rings is 1. The van der Waals surface area contributed by atoms with E-state index in [1.165, 1.54) is 0 Å². The molecule has 1 saturated heterocycles. The molecule has 1 aliphatic heterocycles. The molecule has 3 rings (SSSR count). The van der Waals surface area contributed by atoms with Gasteiger partial charge in [0.2, 0.25) is 0 Å². The maximum Gasteiger partial charge on any atom is 0.407 e. The van der Waals surface area contributed by atoms with Gasteiger partial charge in [0.05, 0.1) is 0 Å². The molecule has 0 unspecified atom stereocenters. The quantitative estimate of drug-likeness (QED) is 0.819. The van der Waals surface area contributed by atoms with Crippen LogP contribution in [0.25, 0.3) is 10.8 Å². The molecule has 3 N–H and O–H groups in total. The number of nitrogen functional groups attached to an aromatic ring is 1. The van der Waals surface area contributed by atoms with Gasteiger partial charge in [0, 0.05) is 36.4 Å². The molecule has 1 aromatic heterocycles. The van der Waals surface area contributed by atoms with Gasteiger partial charge in [0.15, 0.2) is 0 Å². The van der Waals surface area contributed by atoms with Crippen LogP contribution in [0.15, 0.2) is 30.5 Å². The van der Waals surface area contributed by atoms with Crippen LogP contribution >= 0.6 is 0 Å². The summed E-state index contributed by atoms with van der Waals surface area (Å²) in [5.74, 6) is 0.980. The minimum Gasteiger partial charge on any atom is -0.444 e. The minimum absolute atomic E-state index is 0.136. The third kappa shape index (κ3) is 4.32. The number of hydrogen-bond acceptors (Lipinski definition) is 5. The number of amides is 1. The summed E-state index contributed by atoms with van der Waals surface area (Å²) in [5.41, 5.74) is 6.16. The van der Waals surface area contributed by atoms with Gasteiger partial charge in [-0.2, -0.15) is 0 Å². The number of nitrogens with one attached hydrogen (secondary N) is 1. The van der Waals surface area contributed by atoms with E-state index >= 15 is 0 Å². The smallest absolute Gasteiger partial charge is 0.407 e. The van der Waals surface area contributed by atoms with Crippen LogP contribution in [0.5, 0.6) is 0 Å². The lowest BCUT2D eigenvalue weighted by Crippen LogP contribution is -2.46. The molecule has 6 heteroatoms. The molecular weight excluding hydrogens is 316 g/mol. The highest BCUT2D eigenvalue weighted by Gasteiger charge is 2.24. The Labute approximate surface area is 148 Å². The van der Waals surface area contributed by atoms with Crippen molar-refractivity contribution in [3.8, 4) is 0 Å². The van der Waals surface area contributed by atoms with Crippen molar-refractivity contribution in [3.05, 3.63) is 30.5 Å². The number of nitrogens with zero attached hydrogens (tertiary/aromatic N) is 2. The normalized spacial score (nSPS) is 16.0. The summed E-state index contributed by atoms with van der Waals surface area (Å²) >= 11 is 0. The van der Waals surface area contributed by atoms with Crippen molar-refractivity contribution in [2.75, 3.05) is 23.7 Å². The van der Waals surface area contributed by atoms with Crippen LogP contribution in [-0.2, 0) is 4.74 Å². The first-order valence-corrected chi connectivity index (χ1v) is 8.70. The topological polar surface area (TPSA) is 80.5 Å². The number of benzene rings is 1. The van der Waals surface area contributed by atoms with Crippen molar-refractivity contribution >= 4 is 28.4 Å². The zero-order chi connectivity index (χ0) is 18.0. The molecule has 0 atom stereocenters. The zero-order valence-electron chi connectivity index (χ0n) is 15.1. The van der Waals surface area contributed by atoms with Crippen molar-refractivity contribution in [3.63, 3.8) is 0 Å². The van der Waals surface area contributed by atoms with Crippen LogP contribution in [0.1, 0.15) is 33.6 Å². The molecule has 2 heterocycles. The number of carbonyl (C=O) groups is 1. The molecule has 1 aromatic carbocycles. The summed E-state index contributed by atoms with van der Waals surface area (Å²) < 4.78 is 5.33. The monoisotopic (exact) mass is 342 g/mol. The third-order valence-electron chi connectivity index (χ3n) is 4.28. The summed E-state index contributed by atoms with van der Waals surface area (Å²) in [4.78, 5) is 18.8. The van der Waals surface area contributed by atoms with Gasteiger partial charge in [-0.1, -0.05) is 0 Å². The molecule has 0 radical (unpaired) electrons. The third-order valence-corrected chi connectivity index (χ3v) is 4.28. The van der Waals surface area contributed by atoms with Crippen LogP contribution in [-0.4, -0.2) is 35.8 Å². The van der Waals surface area contributed by atoms with Crippen LogP contribution in [0.2, 0.25) is 0 Å². The van der Waals surface area contributed by atoms with Gasteiger partial charge in [-0.05, 0) is 63.3 Å². The summed E-state index contributed by atoms with van der Waals surface area (Å²) in [6, 6.07) is 8.02. The standard InChI is InChI=1S/C19H26N4O2/c1-19(2,3)25-18(24)22-15-7-10-23(11-8-15)17-16-5-4-14(20)12-13(16)6-9-21-17/h4-6,9,12,15H,7-8,10-11,20H2,1-3H3,(H,22,24). The lowest BCUT2D eigenvalue weighted by atomic mass is 10.0. The number of pyridine rings is 1. The predicted molar refractivity (Wildman–Crippen MR) is 101 cm³/mol. The number of fused-ring (bicyclic) bond motifs is 1. The molecule has 25 heavy (non-hydrogen) atoms. The molecule has 0 aliphatic carbocycles. The van der Waals surface area contributed by atoms with Gasteiger partial charge in [0.25, 0.3) is 0 Å². The second kappa shape index (κ2) is 6.78. The predicted octanol–water partition coefficient (Wildman–Crippen LogP) is 3.31. The number of carbonyl (C=O) groups excluding carboxylic acids is 1. The number of ether oxygens (including phenoxy) is 1. The Kier molecular flexibility index (Phi) is 4.70. The summed E-state index contributed by atoms with van der Waals surface area (Å²) in [7, 11) is 0. The molecule has 6 nitrogen and oxygen atoms in total. The molecule has 0 saturated carbocycles. The average Bonchev–Trinajstić information content (AvgIpc) is 2.53. The van der Waals surface area contributed by atoms with E-state index in [0.717, 1.165) is 48.2 Å². The molecule has 1 amide bonds. The van der Waals surface area contributed by atoms with E-state index in [1.807, 2.05) is 51.2 Å². The Balaban J connectivity index is 1.64. The first-order chi connectivity index (χ1) is 11.8. The maximum atomic E-state index is 11.9. The van der Waals surface area contributed by atoms with Gasteiger partial charge < -0.3 is 20.7 Å². The van der Waals surface area contributed by atoms with Crippen molar-refractivity contribution in [2.45, 2.75) is 45.3 Å². The van der Waals surface area contributed by atoms with E-state index in [0.29, 0.717) is 0 Å². The highest BCUT2D eigenvalue weighted by Crippen LogP contribution is 2.28. The lowest BCUT2D eigenvalue weighted by molar-refractivity contribution is 0.0497. The molecular formula is C19H26N4O2. The number of rotatable bonds is 2. The zero-order valence-corrected chi connectivity index (χ0v) is 15.1.